The van der Waals surface area contributed by atoms with Crippen LogP contribution in [-0.4, -0.2) is 42.8 Å². The van der Waals surface area contributed by atoms with Crippen LogP contribution in [0.2, 0.25) is 0 Å². The van der Waals surface area contributed by atoms with E-state index in [0.29, 0.717) is 17.6 Å². The highest BCUT2D eigenvalue weighted by Gasteiger charge is 2.59. The number of piperidine rings is 1. The summed E-state index contributed by atoms with van der Waals surface area (Å²) in [6.07, 6.45) is 3.28. The van der Waals surface area contributed by atoms with E-state index in [-0.39, 0.29) is 0 Å². The monoisotopic (exact) mass is 279 g/mol. The van der Waals surface area contributed by atoms with Crippen LogP contribution >= 0.6 is 0 Å². The van der Waals surface area contributed by atoms with Crippen molar-refractivity contribution in [1.29, 1.82) is 0 Å². The largest absolute Gasteiger partial charge is 0.315 e. The van der Waals surface area contributed by atoms with Gasteiger partial charge in [0.05, 0.1) is 6.17 Å². The second-order valence-corrected chi connectivity index (χ2v) is 8.15. The summed E-state index contributed by atoms with van der Waals surface area (Å²) in [5.41, 5.74) is 0.412. The third-order valence-corrected chi connectivity index (χ3v) is 6.18. The van der Waals surface area contributed by atoms with Gasteiger partial charge in [0.15, 0.2) is 0 Å². The van der Waals surface area contributed by atoms with Crippen molar-refractivity contribution < 1.29 is 0 Å². The second kappa shape index (κ2) is 5.26. The number of hydrogen-bond acceptors (Lipinski definition) is 3. The second-order valence-electron chi connectivity index (χ2n) is 8.15. The molecule has 0 aromatic heterocycles. The Morgan fingerprint density at radius 1 is 1.20 bits per heavy atom. The van der Waals surface area contributed by atoms with E-state index in [1.54, 1.807) is 0 Å². The molecule has 2 N–H and O–H groups in total. The summed E-state index contributed by atoms with van der Waals surface area (Å²) >= 11 is 0. The lowest BCUT2D eigenvalue weighted by atomic mass is 9.66. The van der Waals surface area contributed by atoms with Gasteiger partial charge in [-0.2, -0.15) is 0 Å². The molecule has 0 aromatic rings. The van der Waals surface area contributed by atoms with Crippen LogP contribution in [0.1, 0.15) is 47.5 Å². The Labute approximate surface area is 124 Å². The minimum atomic E-state index is 0.412. The van der Waals surface area contributed by atoms with Gasteiger partial charge >= 0.3 is 0 Å². The van der Waals surface area contributed by atoms with E-state index in [1.807, 2.05) is 0 Å². The molecule has 0 bridgehead atoms. The number of hydrogen-bond donors (Lipinski definition) is 2. The predicted molar refractivity (Wildman–Crippen MR) is 84.6 cm³/mol. The summed E-state index contributed by atoms with van der Waals surface area (Å²) in [6, 6.07) is 1.47. The van der Waals surface area contributed by atoms with Gasteiger partial charge in [-0.15, -0.1) is 0 Å². The van der Waals surface area contributed by atoms with Crippen LogP contribution in [-0.2, 0) is 0 Å². The molecule has 3 aliphatic heterocycles. The lowest BCUT2D eigenvalue weighted by Crippen LogP contribution is -2.51. The van der Waals surface area contributed by atoms with Crippen molar-refractivity contribution in [3.05, 3.63) is 0 Å². The zero-order valence-electron chi connectivity index (χ0n) is 13.9. The SMILES string of the molecule is CCC1C(C(C)(C)C)C2C3CCNCC3NC2N1CC. The van der Waals surface area contributed by atoms with Crippen LogP contribution in [0.25, 0.3) is 0 Å². The molecule has 3 fully saturated rings. The molecule has 0 saturated carbocycles. The molecule has 3 aliphatic rings. The number of likely N-dealkylation sites (tertiary alicyclic amines) is 1. The first kappa shape index (κ1) is 14.8. The molecule has 3 heterocycles. The standard InChI is InChI=1S/C17H33N3/c1-6-13-15(17(3,4)5)14-11-8-9-18-10-12(11)19-16(14)20(13)7-2/h11-16,18-19H,6-10H2,1-5H3. The highest BCUT2D eigenvalue weighted by molar-refractivity contribution is 5.11. The molecule has 0 aromatic carbocycles. The van der Waals surface area contributed by atoms with Crippen molar-refractivity contribution in [1.82, 2.24) is 15.5 Å². The molecule has 0 amide bonds. The number of fused-ring (bicyclic) bond motifs is 3. The first-order valence-electron chi connectivity index (χ1n) is 8.71. The van der Waals surface area contributed by atoms with Gasteiger partial charge in [-0.1, -0.05) is 34.6 Å². The van der Waals surface area contributed by atoms with Crippen molar-refractivity contribution in [2.24, 2.45) is 23.2 Å². The fourth-order valence-electron chi connectivity index (χ4n) is 5.61. The van der Waals surface area contributed by atoms with Crippen LogP contribution in [0.3, 0.4) is 0 Å². The fraction of sp³-hybridized carbons (Fsp3) is 1.00. The van der Waals surface area contributed by atoms with E-state index < -0.39 is 0 Å². The average molecular weight is 279 g/mol. The van der Waals surface area contributed by atoms with Gasteiger partial charge in [-0.05, 0) is 49.1 Å². The van der Waals surface area contributed by atoms with E-state index in [1.165, 1.54) is 32.5 Å². The molecule has 6 atom stereocenters. The first-order chi connectivity index (χ1) is 9.49. The maximum absolute atomic E-state index is 3.99. The Morgan fingerprint density at radius 3 is 2.55 bits per heavy atom. The van der Waals surface area contributed by atoms with E-state index in [2.05, 4.69) is 50.2 Å². The average Bonchev–Trinajstić information content (AvgIpc) is 2.90. The highest BCUT2D eigenvalue weighted by Crippen LogP contribution is 2.53. The Morgan fingerprint density at radius 2 is 1.95 bits per heavy atom. The molecule has 0 radical (unpaired) electrons. The third-order valence-electron chi connectivity index (χ3n) is 6.18. The molecule has 0 aliphatic carbocycles. The van der Waals surface area contributed by atoms with Gasteiger partial charge < -0.3 is 5.32 Å². The van der Waals surface area contributed by atoms with Gasteiger partial charge in [0, 0.05) is 18.6 Å². The van der Waals surface area contributed by atoms with E-state index in [4.69, 9.17) is 0 Å². The third kappa shape index (κ3) is 2.13. The van der Waals surface area contributed by atoms with Gasteiger partial charge in [0.25, 0.3) is 0 Å². The lowest BCUT2D eigenvalue weighted by Gasteiger charge is -2.41. The topological polar surface area (TPSA) is 27.3 Å². The molecule has 3 nitrogen and oxygen atoms in total. The van der Waals surface area contributed by atoms with Crippen LogP contribution in [0.4, 0.5) is 0 Å². The summed E-state index contributed by atoms with van der Waals surface area (Å²) in [5.74, 6) is 2.57. The maximum Gasteiger partial charge on any atom is 0.0637 e. The molecule has 3 rings (SSSR count). The van der Waals surface area contributed by atoms with Crippen molar-refractivity contribution in [2.45, 2.75) is 65.7 Å². The van der Waals surface area contributed by atoms with Gasteiger partial charge in [-0.3, -0.25) is 10.2 Å². The highest BCUT2D eigenvalue weighted by atomic mass is 15.4. The van der Waals surface area contributed by atoms with Crippen LogP contribution < -0.4 is 10.6 Å². The Bertz CT molecular complexity index is 349. The lowest BCUT2D eigenvalue weighted by molar-refractivity contribution is 0.0958. The summed E-state index contributed by atoms with van der Waals surface area (Å²) in [7, 11) is 0. The zero-order valence-corrected chi connectivity index (χ0v) is 13.9. The van der Waals surface area contributed by atoms with E-state index >= 15 is 0 Å². The van der Waals surface area contributed by atoms with E-state index in [9.17, 15) is 0 Å². The van der Waals surface area contributed by atoms with Gasteiger partial charge in [-0.25, -0.2) is 0 Å². The van der Waals surface area contributed by atoms with Crippen LogP contribution in [0, 0.1) is 23.2 Å². The minimum Gasteiger partial charge on any atom is -0.315 e. The summed E-state index contributed by atoms with van der Waals surface area (Å²) < 4.78 is 0. The quantitative estimate of drug-likeness (QED) is 0.812. The Hall–Kier alpha value is -0.120. The normalized spacial score (nSPS) is 45.5. The molecule has 3 heteroatoms. The van der Waals surface area contributed by atoms with E-state index in [0.717, 1.165) is 23.8 Å². The summed E-state index contributed by atoms with van der Waals surface area (Å²) in [4.78, 5) is 2.78. The zero-order chi connectivity index (χ0) is 14.5. The van der Waals surface area contributed by atoms with Crippen molar-refractivity contribution in [3.8, 4) is 0 Å². The number of rotatable bonds is 2. The fourth-order valence-corrected chi connectivity index (χ4v) is 5.61. The van der Waals surface area contributed by atoms with Crippen LogP contribution in [0.15, 0.2) is 0 Å². The minimum absolute atomic E-state index is 0.412. The maximum atomic E-state index is 3.99. The van der Waals surface area contributed by atoms with Crippen molar-refractivity contribution in [3.63, 3.8) is 0 Å². The summed E-state index contributed by atoms with van der Waals surface area (Å²) in [6.45, 7) is 15.7. The smallest absolute Gasteiger partial charge is 0.0637 e. The molecule has 116 valence electrons. The van der Waals surface area contributed by atoms with Crippen LogP contribution in [0.5, 0.6) is 0 Å². The Balaban J connectivity index is 1.94. The molecule has 0 spiro atoms. The predicted octanol–water partition coefficient (Wildman–Crippen LogP) is 2.29. The van der Waals surface area contributed by atoms with Crippen molar-refractivity contribution in [2.75, 3.05) is 19.6 Å². The number of nitrogens with one attached hydrogen (secondary N) is 2. The molecular formula is C17H33N3. The molecule has 6 unspecified atom stereocenters. The first-order valence-corrected chi connectivity index (χ1v) is 8.71. The Kier molecular flexibility index (Phi) is 3.89. The molecule has 20 heavy (non-hydrogen) atoms. The molecule has 3 saturated heterocycles. The van der Waals surface area contributed by atoms with Gasteiger partial charge in [0.2, 0.25) is 0 Å². The number of nitrogens with zero attached hydrogens (tertiary/aromatic N) is 1. The van der Waals surface area contributed by atoms with Gasteiger partial charge in [0.1, 0.15) is 0 Å². The van der Waals surface area contributed by atoms with Crippen molar-refractivity contribution >= 4 is 0 Å². The summed E-state index contributed by atoms with van der Waals surface area (Å²) in [5, 5.41) is 7.56. The molecular weight excluding hydrogens is 246 g/mol.